The van der Waals surface area contributed by atoms with E-state index in [-0.39, 0.29) is 6.10 Å². The van der Waals surface area contributed by atoms with Crippen LogP contribution in [-0.2, 0) is 14.8 Å². The molecule has 134 valence electrons. The average molecular weight is 361 g/mol. The van der Waals surface area contributed by atoms with Crippen LogP contribution in [0.1, 0.15) is 19.3 Å². The first-order chi connectivity index (χ1) is 11.5. The molecule has 2 aliphatic heterocycles. The zero-order valence-electron chi connectivity index (χ0n) is 13.5. The summed E-state index contributed by atoms with van der Waals surface area (Å²) in [6.07, 6.45) is 3.61. The Morgan fingerprint density at radius 2 is 1.96 bits per heavy atom. The third-order valence-corrected chi connectivity index (χ3v) is 6.66. The van der Waals surface area contributed by atoms with Crippen LogP contribution in [0.4, 0.5) is 8.78 Å². The first kappa shape index (κ1) is 17.7. The number of sulfonamides is 1. The molecule has 24 heavy (non-hydrogen) atoms. The summed E-state index contributed by atoms with van der Waals surface area (Å²) in [5.41, 5.74) is 0. The molecule has 0 amide bonds. The molecule has 1 aromatic rings. The van der Waals surface area contributed by atoms with Crippen molar-refractivity contribution in [3.63, 3.8) is 0 Å². The van der Waals surface area contributed by atoms with Crippen LogP contribution in [0, 0.1) is 11.6 Å². The summed E-state index contributed by atoms with van der Waals surface area (Å²) in [5.74, 6) is -1.83. The minimum absolute atomic E-state index is 0.256. The molecule has 0 bridgehead atoms. The number of rotatable bonds is 4. The fourth-order valence-corrected chi connectivity index (χ4v) is 4.85. The van der Waals surface area contributed by atoms with Crippen molar-refractivity contribution in [3.8, 4) is 0 Å². The zero-order chi connectivity index (χ0) is 17.2. The Bertz CT molecular complexity index is 670. The quantitative estimate of drug-likeness (QED) is 0.846. The summed E-state index contributed by atoms with van der Waals surface area (Å²) in [7, 11) is -3.92. The van der Waals surface area contributed by atoms with E-state index in [1.54, 1.807) is 0 Å². The van der Waals surface area contributed by atoms with Crippen LogP contribution in [-0.4, -0.2) is 58.2 Å². The molecule has 0 saturated carbocycles. The van der Waals surface area contributed by atoms with Crippen molar-refractivity contribution in [2.45, 2.75) is 30.3 Å². The molecule has 2 heterocycles. The van der Waals surface area contributed by atoms with Gasteiger partial charge in [-0.05, 0) is 31.4 Å². The maximum Gasteiger partial charge on any atom is 0.246 e. The smallest absolute Gasteiger partial charge is 0.246 e. The molecule has 0 spiro atoms. The van der Waals surface area contributed by atoms with E-state index in [0.717, 1.165) is 38.1 Å². The minimum Gasteiger partial charge on any atom is -0.372 e. The van der Waals surface area contributed by atoms with Gasteiger partial charge in [0.2, 0.25) is 10.0 Å². The molecule has 0 radical (unpaired) electrons. The van der Waals surface area contributed by atoms with E-state index < -0.39 is 26.6 Å². The van der Waals surface area contributed by atoms with Crippen LogP contribution < -0.4 is 4.90 Å². The molecule has 0 aliphatic carbocycles. The van der Waals surface area contributed by atoms with Crippen molar-refractivity contribution < 1.29 is 26.8 Å². The van der Waals surface area contributed by atoms with Gasteiger partial charge in [-0.25, -0.2) is 17.2 Å². The lowest BCUT2D eigenvalue weighted by atomic mass is 10.1. The molecule has 2 aliphatic rings. The van der Waals surface area contributed by atoms with Gasteiger partial charge in [-0.3, -0.25) is 0 Å². The molecule has 2 saturated heterocycles. The van der Waals surface area contributed by atoms with E-state index in [1.165, 1.54) is 15.6 Å². The molecule has 5 nitrogen and oxygen atoms in total. The Kier molecular flexibility index (Phi) is 5.49. The first-order valence-corrected chi connectivity index (χ1v) is 9.81. The van der Waals surface area contributed by atoms with Gasteiger partial charge in [0, 0.05) is 12.7 Å². The summed E-state index contributed by atoms with van der Waals surface area (Å²) in [5, 5.41) is 0. The number of nitrogens with zero attached hydrogens (tertiary/aromatic N) is 1. The van der Waals surface area contributed by atoms with Gasteiger partial charge in [0.25, 0.3) is 0 Å². The van der Waals surface area contributed by atoms with E-state index in [4.69, 9.17) is 4.74 Å². The van der Waals surface area contributed by atoms with Crippen LogP contribution in [0.3, 0.4) is 0 Å². The number of nitrogens with one attached hydrogen (secondary N) is 1. The highest BCUT2D eigenvalue weighted by molar-refractivity contribution is 7.89. The molecule has 0 unspecified atom stereocenters. The topological polar surface area (TPSA) is 51.0 Å². The Hall–Kier alpha value is -1.09. The minimum atomic E-state index is -3.92. The Balaban J connectivity index is 1.61. The third kappa shape index (κ3) is 3.93. The molecule has 0 aromatic heterocycles. The molecular formula is C16H23F2N2O3S+. The number of halogens is 2. The average Bonchev–Trinajstić information content (AvgIpc) is 2.56. The van der Waals surface area contributed by atoms with E-state index in [1.807, 2.05) is 0 Å². The first-order valence-electron chi connectivity index (χ1n) is 8.37. The lowest BCUT2D eigenvalue weighted by Gasteiger charge is -2.34. The van der Waals surface area contributed by atoms with Crippen LogP contribution in [0.15, 0.2) is 23.1 Å². The van der Waals surface area contributed by atoms with Crippen LogP contribution >= 0.6 is 0 Å². The summed E-state index contributed by atoms with van der Waals surface area (Å²) < 4.78 is 58.9. The molecular weight excluding hydrogens is 338 g/mol. The van der Waals surface area contributed by atoms with Crippen LogP contribution in [0.25, 0.3) is 0 Å². The second-order valence-corrected chi connectivity index (χ2v) is 8.33. The van der Waals surface area contributed by atoms with Crippen molar-refractivity contribution in [1.29, 1.82) is 0 Å². The SMILES string of the molecule is O=S(=O)(c1ccc(F)cc1F)N1CC[NH+](C[C@@H]2CCCCO2)CC1. The molecule has 8 heteroatoms. The zero-order valence-corrected chi connectivity index (χ0v) is 14.3. The van der Waals surface area contributed by atoms with Gasteiger partial charge in [-0.15, -0.1) is 0 Å². The van der Waals surface area contributed by atoms with Crippen molar-refractivity contribution >= 4 is 10.0 Å². The summed E-state index contributed by atoms with van der Waals surface area (Å²) >= 11 is 0. The normalized spacial score (nSPS) is 24.2. The lowest BCUT2D eigenvalue weighted by molar-refractivity contribution is -0.907. The van der Waals surface area contributed by atoms with E-state index in [9.17, 15) is 17.2 Å². The second-order valence-electron chi connectivity index (χ2n) is 6.42. The van der Waals surface area contributed by atoms with Crippen molar-refractivity contribution in [3.05, 3.63) is 29.8 Å². The van der Waals surface area contributed by atoms with Gasteiger partial charge in [0.05, 0.1) is 26.2 Å². The summed E-state index contributed by atoms with van der Waals surface area (Å²) in [6, 6.07) is 2.57. The number of hydrogen-bond acceptors (Lipinski definition) is 3. The number of quaternary nitrogens is 1. The van der Waals surface area contributed by atoms with Crippen molar-refractivity contribution in [2.24, 2.45) is 0 Å². The summed E-state index contributed by atoms with van der Waals surface area (Å²) in [4.78, 5) is 0.857. The molecule has 1 atom stereocenters. The third-order valence-electron chi connectivity index (χ3n) is 4.73. The fourth-order valence-electron chi connectivity index (χ4n) is 3.36. The van der Waals surface area contributed by atoms with Crippen LogP contribution in [0.5, 0.6) is 0 Å². The van der Waals surface area contributed by atoms with Gasteiger partial charge in [-0.2, -0.15) is 4.31 Å². The van der Waals surface area contributed by atoms with Gasteiger partial charge >= 0.3 is 0 Å². The number of piperazine rings is 1. The molecule has 3 rings (SSSR count). The number of ether oxygens (including phenoxy) is 1. The van der Waals surface area contributed by atoms with Crippen LogP contribution in [0.2, 0.25) is 0 Å². The Labute approximate surface area is 141 Å². The number of hydrogen-bond donors (Lipinski definition) is 1. The maximum atomic E-state index is 13.8. The Morgan fingerprint density at radius 1 is 1.21 bits per heavy atom. The van der Waals surface area contributed by atoms with Crippen molar-refractivity contribution in [1.82, 2.24) is 4.31 Å². The van der Waals surface area contributed by atoms with Crippen molar-refractivity contribution in [2.75, 3.05) is 39.3 Å². The van der Waals surface area contributed by atoms with Gasteiger partial charge in [0.15, 0.2) is 0 Å². The Morgan fingerprint density at radius 3 is 2.58 bits per heavy atom. The monoisotopic (exact) mass is 361 g/mol. The fraction of sp³-hybridized carbons (Fsp3) is 0.625. The van der Waals surface area contributed by atoms with Gasteiger partial charge in [0.1, 0.15) is 29.2 Å². The van der Waals surface area contributed by atoms with Gasteiger partial charge in [-0.1, -0.05) is 0 Å². The highest BCUT2D eigenvalue weighted by atomic mass is 32.2. The lowest BCUT2D eigenvalue weighted by Crippen LogP contribution is -3.15. The molecule has 2 fully saturated rings. The van der Waals surface area contributed by atoms with E-state index >= 15 is 0 Å². The maximum absolute atomic E-state index is 13.8. The predicted molar refractivity (Wildman–Crippen MR) is 84.3 cm³/mol. The summed E-state index contributed by atoms with van der Waals surface area (Å²) in [6.45, 7) is 3.70. The highest BCUT2D eigenvalue weighted by Gasteiger charge is 2.33. The van der Waals surface area contributed by atoms with Gasteiger partial charge < -0.3 is 9.64 Å². The standard InChI is InChI=1S/C16H22F2N2O3S/c17-13-4-5-16(15(18)11-13)24(21,22)20-8-6-19(7-9-20)12-14-3-1-2-10-23-14/h4-5,11,14H,1-3,6-10,12H2/p+1/t14-/m0/s1. The highest BCUT2D eigenvalue weighted by Crippen LogP contribution is 2.20. The molecule has 1 aromatic carbocycles. The number of benzene rings is 1. The largest absolute Gasteiger partial charge is 0.372 e. The predicted octanol–water partition coefficient (Wildman–Crippen LogP) is 0.423. The second kappa shape index (κ2) is 7.43. The molecule has 1 N–H and O–H groups in total. The van der Waals surface area contributed by atoms with E-state index in [2.05, 4.69) is 0 Å². The van der Waals surface area contributed by atoms with E-state index in [0.29, 0.717) is 32.2 Å².